The van der Waals surface area contributed by atoms with Gasteiger partial charge in [-0.05, 0) is 31.4 Å². The number of nitro benzene ring substituents is 1. The zero-order chi connectivity index (χ0) is 14.0. The molecule has 0 aromatic heterocycles. The fourth-order valence-electron chi connectivity index (χ4n) is 2.52. The summed E-state index contributed by atoms with van der Waals surface area (Å²) < 4.78 is 13.5. The second-order valence-electron chi connectivity index (χ2n) is 5.15. The molecule has 6 heteroatoms. The molecule has 104 valence electrons. The smallest absolute Gasteiger partial charge is 0.304 e. The van der Waals surface area contributed by atoms with Gasteiger partial charge in [0.2, 0.25) is 5.82 Å². The minimum absolute atomic E-state index is 0.236. The van der Waals surface area contributed by atoms with E-state index in [-0.39, 0.29) is 6.04 Å². The first kappa shape index (κ1) is 13.9. The third kappa shape index (κ3) is 3.27. The molecule has 0 radical (unpaired) electrons. The number of nitro groups is 1. The van der Waals surface area contributed by atoms with E-state index in [0.29, 0.717) is 12.6 Å². The number of benzene rings is 1. The Kier molecular flexibility index (Phi) is 4.11. The van der Waals surface area contributed by atoms with E-state index in [1.165, 1.54) is 12.1 Å². The Hall–Kier alpha value is -1.53. The number of nitrogens with zero attached hydrogens (tertiary/aromatic N) is 2. The summed E-state index contributed by atoms with van der Waals surface area (Å²) in [6.07, 6.45) is 1.86. The Bertz CT molecular complexity index is 481. The summed E-state index contributed by atoms with van der Waals surface area (Å²) >= 11 is 0. The highest BCUT2D eigenvalue weighted by Crippen LogP contribution is 2.22. The maximum absolute atomic E-state index is 13.5. The van der Waals surface area contributed by atoms with Gasteiger partial charge in [-0.2, -0.15) is 4.39 Å². The Morgan fingerprint density at radius 2 is 2.32 bits per heavy atom. The number of piperidine rings is 1. The van der Waals surface area contributed by atoms with Crippen molar-refractivity contribution in [3.05, 3.63) is 39.7 Å². The lowest BCUT2D eigenvalue weighted by atomic mass is 9.98. The topological polar surface area (TPSA) is 72.4 Å². The highest BCUT2D eigenvalue weighted by atomic mass is 19.1. The van der Waals surface area contributed by atoms with E-state index in [1.54, 1.807) is 6.07 Å². The van der Waals surface area contributed by atoms with Crippen LogP contribution in [0.25, 0.3) is 0 Å². The van der Waals surface area contributed by atoms with Crippen molar-refractivity contribution in [3.63, 3.8) is 0 Å². The first-order valence-corrected chi connectivity index (χ1v) is 6.40. The number of hydrogen-bond acceptors (Lipinski definition) is 4. The van der Waals surface area contributed by atoms with Crippen LogP contribution in [-0.2, 0) is 6.54 Å². The second kappa shape index (κ2) is 5.63. The van der Waals surface area contributed by atoms with Crippen LogP contribution in [0.1, 0.15) is 25.3 Å². The molecule has 2 unspecified atom stereocenters. The lowest BCUT2D eigenvalue weighted by Gasteiger charge is -2.36. The third-order valence-corrected chi connectivity index (χ3v) is 3.65. The highest BCUT2D eigenvalue weighted by molar-refractivity contribution is 5.35. The molecule has 2 atom stereocenters. The number of halogens is 1. The van der Waals surface area contributed by atoms with Gasteiger partial charge in [0, 0.05) is 31.2 Å². The largest absolute Gasteiger partial charge is 0.328 e. The minimum atomic E-state index is -0.774. The number of rotatable bonds is 3. The quantitative estimate of drug-likeness (QED) is 0.672. The molecule has 1 aromatic rings. The zero-order valence-corrected chi connectivity index (χ0v) is 10.9. The number of likely N-dealkylation sites (tertiary alicyclic amines) is 1. The number of nitrogens with two attached hydrogens (primary N) is 1. The molecule has 0 spiro atoms. The van der Waals surface area contributed by atoms with Crippen molar-refractivity contribution in [2.45, 2.75) is 38.4 Å². The zero-order valence-electron chi connectivity index (χ0n) is 10.9. The second-order valence-corrected chi connectivity index (χ2v) is 5.15. The van der Waals surface area contributed by atoms with Crippen LogP contribution in [0.2, 0.25) is 0 Å². The average Bonchev–Trinajstić information content (AvgIpc) is 2.32. The Morgan fingerprint density at radius 3 is 2.89 bits per heavy atom. The average molecular weight is 267 g/mol. The summed E-state index contributed by atoms with van der Waals surface area (Å²) in [5, 5.41) is 10.6. The van der Waals surface area contributed by atoms with Crippen LogP contribution in [0.15, 0.2) is 18.2 Å². The van der Waals surface area contributed by atoms with E-state index < -0.39 is 16.4 Å². The molecule has 1 heterocycles. The Labute approximate surface area is 111 Å². The first-order valence-electron chi connectivity index (χ1n) is 6.40. The van der Waals surface area contributed by atoms with E-state index >= 15 is 0 Å². The van der Waals surface area contributed by atoms with Gasteiger partial charge >= 0.3 is 5.69 Å². The summed E-state index contributed by atoms with van der Waals surface area (Å²) in [6.45, 7) is 3.57. The monoisotopic (exact) mass is 267 g/mol. The van der Waals surface area contributed by atoms with Crippen LogP contribution in [-0.4, -0.2) is 28.5 Å². The molecule has 0 saturated carbocycles. The van der Waals surface area contributed by atoms with Gasteiger partial charge in [0.05, 0.1) is 4.92 Å². The summed E-state index contributed by atoms with van der Waals surface area (Å²) in [5.74, 6) is -0.774. The molecule has 2 N–H and O–H groups in total. The molecule has 0 amide bonds. The van der Waals surface area contributed by atoms with Crippen molar-refractivity contribution in [2.75, 3.05) is 6.54 Å². The lowest BCUT2D eigenvalue weighted by molar-refractivity contribution is -0.387. The molecule has 1 saturated heterocycles. The lowest BCUT2D eigenvalue weighted by Crippen LogP contribution is -2.44. The summed E-state index contributed by atoms with van der Waals surface area (Å²) in [7, 11) is 0. The Morgan fingerprint density at radius 1 is 1.58 bits per heavy atom. The van der Waals surface area contributed by atoms with Crippen molar-refractivity contribution < 1.29 is 9.31 Å². The van der Waals surface area contributed by atoms with E-state index in [4.69, 9.17) is 5.73 Å². The fourth-order valence-corrected chi connectivity index (χ4v) is 2.52. The van der Waals surface area contributed by atoms with Gasteiger partial charge in [-0.1, -0.05) is 6.07 Å². The van der Waals surface area contributed by atoms with Crippen molar-refractivity contribution in [1.82, 2.24) is 4.90 Å². The molecule has 1 fully saturated rings. The van der Waals surface area contributed by atoms with Gasteiger partial charge in [-0.3, -0.25) is 15.0 Å². The summed E-state index contributed by atoms with van der Waals surface area (Å²) in [6, 6.07) is 4.68. The fraction of sp³-hybridized carbons (Fsp3) is 0.538. The minimum Gasteiger partial charge on any atom is -0.328 e. The van der Waals surface area contributed by atoms with Crippen molar-refractivity contribution in [3.8, 4) is 0 Å². The summed E-state index contributed by atoms with van der Waals surface area (Å²) in [5.41, 5.74) is 6.18. The van der Waals surface area contributed by atoms with E-state index in [1.807, 2.05) is 0 Å². The van der Waals surface area contributed by atoms with Gasteiger partial charge < -0.3 is 5.73 Å². The maximum Gasteiger partial charge on any atom is 0.304 e. The van der Waals surface area contributed by atoms with E-state index in [9.17, 15) is 14.5 Å². The maximum atomic E-state index is 13.5. The van der Waals surface area contributed by atoms with Gasteiger partial charge in [-0.25, -0.2) is 0 Å². The van der Waals surface area contributed by atoms with Crippen LogP contribution in [0.3, 0.4) is 0 Å². The summed E-state index contributed by atoms with van der Waals surface area (Å²) in [4.78, 5) is 12.1. The first-order chi connectivity index (χ1) is 8.97. The SMILES string of the molecule is CC1CC(N)CCN1Cc1ccc([N+](=O)[O-])c(F)c1. The van der Waals surface area contributed by atoms with Crippen molar-refractivity contribution in [2.24, 2.45) is 5.73 Å². The molecule has 0 aliphatic carbocycles. The predicted octanol–water partition coefficient (Wildman–Crippen LogP) is 2.05. The third-order valence-electron chi connectivity index (χ3n) is 3.65. The van der Waals surface area contributed by atoms with Gasteiger partial charge in [0.1, 0.15) is 0 Å². The number of hydrogen-bond donors (Lipinski definition) is 1. The van der Waals surface area contributed by atoms with Crippen LogP contribution in [0.5, 0.6) is 0 Å². The van der Waals surface area contributed by atoms with Crippen molar-refractivity contribution in [1.29, 1.82) is 0 Å². The molecule has 1 aliphatic heterocycles. The predicted molar refractivity (Wildman–Crippen MR) is 70.1 cm³/mol. The van der Waals surface area contributed by atoms with Crippen LogP contribution < -0.4 is 5.73 Å². The van der Waals surface area contributed by atoms with Crippen LogP contribution in [0, 0.1) is 15.9 Å². The standard InChI is InChI=1S/C13H18FN3O2/c1-9-6-11(15)4-5-16(9)8-10-2-3-13(17(18)19)12(14)7-10/h2-3,7,9,11H,4-6,8,15H2,1H3. The van der Waals surface area contributed by atoms with Crippen molar-refractivity contribution >= 4 is 5.69 Å². The van der Waals surface area contributed by atoms with Crippen LogP contribution in [0.4, 0.5) is 10.1 Å². The molecular weight excluding hydrogens is 249 g/mol. The molecular formula is C13H18FN3O2. The van der Waals surface area contributed by atoms with Gasteiger partial charge in [0.25, 0.3) is 0 Å². The van der Waals surface area contributed by atoms with Gasteiger partial charge in [-0.15, -0.1) is 0 Å². The molecule has 19 heavy (non-hydrogen) atoms. The van der Waals surface area contributed by atoms with Crippen LogP contribution >= 0.6 is 0 Å². The van der Waals surface area contributed by atoms with Gasteiger partial charge in [0.15, 0.2) is 0 Å². The van der Waals surface area contributed by atoms with E-state index in [0.717, 1.165) is 24.9 Å². The highest BCUT2D eigenvalue weighted by Gasteiger charge is 2.23. The molecule has 2 rings (SSSR count). The normalized spacial score (nSPS) is 24.4. The Balaban J connectivity index is 2.07. The van der Waals surface area contributed by atoms with E-state index in [2.05, 4.69) is 11.8 Å². The molecule has 0 bridgehead atoms. The molecule has 1 aliphatic rings. The molecule has 5 nitrogen and oxygen atoms in total. The molecule has 1 aromatic carbocycles.